The molecule has 0 heterocycles. The average Bonchev–Trinajstić information content (AvgIpc) is 2.04. The van der Waals surface area contributed by atoms with Crippen molar-refractivity contribution in [1.29, 1.82) is 0 Å². The van der Waals surface area contributed by atoms with Gasteiger partial charge in [-0.05, 0) is 24.6 Å². The largest absolute Gasteiger partial charge is 0.242 e. The van der Waals surface area contributed by atoms with Crippen LogP contribution in [0.4, 0.5) is 0 Å². The number of hydrogen-bond acceptors (Lipinski definition) is 2. The Morgan fingerprint density at radius 1 is 1.15 bits per heavy atom. The molecule has 1 rings (SSSR count). The van der Waals surface area contributed by atoms with Gasteiger partial charge < -0.3 is 0 Å². The van der Waals surface area contributed by atoms with Gasteiger partial charge in [-0.1, -0.05) is 12.1 Å². The minimum Gasteiger partial charge on any atom is -0.207 e. The Bertz CT molecular complexity index is 379. The molecule has 13 heavy (non-hydrogen) atoms. The summed E-state index contributed by atoms with van der Waals surface area (Å²) in [4.78, 5) is 0.296. The average molecular weight is 198 g/mol. The smallest absolute Gasteiger partial charge is 0.207 e. The molecule has 4 heteroatoms. The fourth-order valence-electron chi connectivity index (χ4n) is 0.872. The Balaban J connectivity index is 3.17. The van der Waals surface area contributed by atoms with Crippen LogP contribution in [0, 0.1) is 6.92 Å². The first-order chi connectivity index (χ1) is 5.94. The van der Waals surface area contributed by atoms with Crippen molar-refractivity contribution in [1.82, 2.24) is 4.31 Å². The third kappa shape index (κ3) is 2.08. The lowest BCUT2D eigenvalue weighted by Gasteiger charge is -2.10. The van der Waals surface area contributed by atoms with Gasteiger partial charge in [-0.3, -0.25) is 0 Å². The molecule has 0 atom stereocenters. The molecule has 1 aromatic carbocycles. The van der Waals surface area contributed by atoms with Gasteiger partial charge in [0.05, 0.1) is 4.90 Å². The Hall–Kier alpha value is -0.870. The van der Waals surface area contributed by atoms with Crippen molar-refractivity contribution in [3.05, 3.63) is 36.8 Å². The summed E-state index contributed by atoms with van der Waals surface area (Å²) in [6, 6.07) is 6.46. The summed E-state index contributed by atoms with van der Waals surface area (Å²) in [5.41, 5.74) is 0.803. The first-order valence-corrected chi connectivity index (χ1v) is 5.23. The van der Waals surface area contributed by atoms with Crippen LogP contribution in [0.2, 0.25) is 0 Å². The zero-order chi connectivity index (χ0) is 10.1. The van der Waals surface area contributed by atoms with Gasteiger partial charge in [0.1, 0.15) is 0 Å². The third-order valence-electron chi connectivity index (χ3n) is 1.70. The first kappa shape index (κ1) is 10.2. The summed E-state index contributed by atoms with van der Waals surface area (Å²) < 4.78 is 24.3. The Morgan fingerprint density at radius 3 is 2.00 bits per heavy atom. The summed E-state index contributed by atoms with van der Waals surface area (Å²) in [5.74, 6) is 0. The predicted octanol–water partition coefficient (Wildman–Crippen LogP) is 1.12. The fraction of sp³-hybridized carbons (Fsp3) is 0.222. The maximum atomic E-state index is 11.5. The second kappa shape index (κ2) is 3.47. The lowest BCUT2D eigenvalue weighted by molar-refractivity contribution is 0.521. The number of hydrogen-bond donors (Lipinski definition) is 0. The summed E-state index contributed by atoms with van der Waals surface area (Å²) in [6.45, 7) is 3.68. The van der Waals surface area contributed by atoms with Crippen LogP contribution in [0.1, 0.15) is 5.56 Å². The molecule has 0 aliphatic carbocycles. The van der Waals surface area contributed by atoms with Crippen LogP contribution in [-0.2, 0) is 10.0 Å². The number of nitrogens with zero attached hydrogens (tertiary/aromatic N) is 1. The highest BCUT2D eigenvalue weighted by molar-refractivity contribution is 7.89. The SMILES string of the molecule is [CH2]c1ccc(S(=O)(=O)N(C)C)cc1. The van der Waals surface area contributed by atoms with Crippen LogP contribution >= 0.6 is 0 Å². The van der Waals surface area contributed by atoms with E-state index in [1.807, 2.05) is 0 Å². The van der Waals surface area contributed by atoms with Crippen molar-refractivity contribution in [2.24, 2.45) is 0 Å². The molecule has 3 nitrogen and oxygen atoms in total. The minimum atomic E-state index is -3.29. The van der Waals surface area contributed by atoms with Crippen LogP contribution in [-0.4, -0.2) is 26.8 Å². The molecule has 0 amide bonds. The Morgan fingerprint density at radius 2 is 1.62 bits per heavy atom. The predicted molar refractivity (Wildman–Crippen MR) is 51.8 cm³/mol. The molecule has 71 valence electrons. The van der Waals surface area contributed by atoms with E-state index in [9.17, 15) is 8.42 Å². The second-order valence-corrected chi connectivity index (χ2v) is 5.08. The van der Waals surface area contributed by atoms with Gasteiger partial charge in [0.15, 0.2) is 0 Å². The quantitative estimate of drug-likeness (QED) is 0.714. The van der Waals surface area contributed by atoms with E-state index in [1.165, 1.54) is 18.4 Å². The van der Waals surface area contributed by atoms with Gasteiger partial charge in [-0.25, -0.2) is 12.7 Å². The van der Waals surface area contributed by atoms with Crippen molar-refractivity contribution in [3.8, 4) is 0 Å². The highest BCUT2D eigenvalue weighted by Gasteiger charge is 2.15. The monoisotopic (exact) mass is 198 g/mol. The molecule has 0 aromatic heterocycles. The van der Waals surface area contributed by atoms with Gasteiger partial charge in [0.25, 0.3) is 0 Å². The van der Waals surface area contributed by atoms with Crippen LogP contribution in [0.25, 0.3) is 0 Å². The molecule has 0 aliphatic heterocycles. The van der Waals surface area contributed by atoms with Crippen LogP contribution < -0.4 is 0 Å². The van der Waals surface area contributed by atoms with Crippen LogP contribution in [0.3, 0.4) is 0 Å². The van der Waals surface area contributed by atoms with E-state index in [4.69, 9.17) is 0 Å². The van der Waals surface area contributed by atoms with Crippen molar-refractivity contribution >= 4 is 10.0 Å². The maximum absolute atomic E-state index is 11.5. The first-order valence-electron chi connectivity index (χ1n) is 3.79. The summed E-state index contributed by atoms with van der Waals surface area (Å²) in [6.07, 6.45) is 0. The van der Waals surface area contributed by atoms with E-state index < -0.39 is 10.0 Å². The lowest BCUT2D eigenvalue weighted by Crippen LogP contribution is -2.22. The highest BCUT2D eigenvalue weighted by atomic mass is 32.2. The van der Waals surface area contributed by atoms with Crippen LogP contribution in [0.5, 0.6) is 0 Å². The van der Waals surface area contributed by atoms with Gasteiger partial charge in [-0.2, -0.15) is 0 Å². The molecule has 0 bridgehead atoms. The van der Waals surface area contributed by atoms with Crippen molar-refractivity contribution in [2.45, 2.75) is 4.90 Å². The summed E-state index contributed by atoms with van der Waals surface area (Å²) in [7, 11) is -0.273. The van der Waals surface area contributed by atoms with E-state index in [0.29, 0.717) is 4.90 Å². The molecule has 1 aromatic rings. The van der Waals surface area contributed by atoms with Crippen molar-refractivity contribution < 1.29 is 8.42 Å². The molecule has 1 radical (unpaired) electrons. The zero-order valence-electron chi connectivity index (χ0n) is 7.69. The molecule has 0 aliphatic rings. The molecule has 0 N–H and O–H groups in total. The highest BCUT2D eigenvalue weighted by Crippen LogP contribution is 2.12. The lowest BCUT2D eigenvalue weighted by atomic mass is 10.2. The topological polar surface area (TPSA) is 37.4 Å². The van der Waals surface area contributed by atoms with Crippen molar-refractivity contribution in [2.75, 3.05) is 14.1 Å². The zero-order valence-corrected chi connectivity index (χ0v) is 8.50. The van der Waals surface area contributed by atoms with Gasteiger partial charge in [0, 0.05) is 14.1 Å². The van der Waals surface area contributed by atoms with E-state index in [1.54, 1.807) is 24.3 Å². The maximum Gasteiger partial charge on any atom is 0.242 e. The Kier molecular flexibility index (Phi) is 2.73. The number of sulfonamides is 1. The third-order valence-corrected chi connectivity index (χ3v) is 3.53. The molecule has 0 spiro atoms. The normalized spacial score (nSPS) is 12.0. The van der Waals surface area contributed by atoms with Crippen LogP contribution in [0.15, 0.2) is 29.2 Å². The molecule has 0 saturated heterocycles. The van der Waals surface area contributed by atoms with Gasteiger partial charge in [-0.15, -0.1) is 0 Å². The van der Waals surface area contributed by atoms with E-state index >= 15 is 0 Å². The fourth-order valence-corrected chi connectivity index (χ4v) is 1.77. The molecular formula is C9H12NO2S. The second-order valence-electron chi connectivity index (χ2n) is 2.93. The van der Waals surface area contributed by atoms with Gasteiger partial charge >= 0.3 is 0 Å². The molecule has 0 fully saturated rings. The van der Waals surface area contributed by atoms with E-state index in [-0.39, 0.29) is 0 Å². The number of rotatable bonds is 2. The standard InChI is InChI=1S/C9H12NO2S/c1-8-4-6-9(7-5-8)13(11,12)10(2)3/h4-7H,1H2,2-3H3. The number of benzene rings is 1. The minimum absolute atomic E-state index is 0.296. The molecule has 0 unspecified atom stereocenters. The Labute approximate surface area is 79.0 Å². The summed E-state index contributed by atoms with van der Waals surface area (Å²) >= 11 is 0. The van der Waals surface area contributed by atoms with Crippen molar-refractivity contribution in [3.63, 3.8) is 0 Å². The molecular weight excluding hydrogens is 186 g/mol. The van der Waals surface area contributed by atoms with E-state index in [2.05, 4.69) is 6.92 Å². The van der Waals surface area contributed by atoms with E-state index in [0.717, 1.165) is 5.56 Å². The molecule has 0 saturated carbocycles. The van der Waals surface area contributed by atoms with Gasteiger partial charge in [0.2, 0.25) is 10.0 Å². The summed E-state index contributed by atoms with van der Waals surface area (Å²) in [5, 5.41) is 0.